The van der Waals surface area contributed by atoms with Crippen LogP contribution in [0.25, 0.3) is 0 Å². The Labute approximate surface area is 132 Å². The Kier molecular flexibility index (Phi) is 4.46. The van der Waals surface area contributed by atoms with Gasteiger partial charge < -0.3 is 11.1 Å². The van der Waals surface area contributed by atoms with E-state index >= 15 is 0 Å². The number of anilines is 1. The van der Waals surface area contributed by atoms with Crippen molar-refractivity contribution in [1.82, 2.24) is 14.8 Å². The predicted molar refractivity (Wildman–Crippen MR) is 82.8 cm³/mol. The SMILES string of the molecule is Cc1cc(C)n([C@@H](C)C(=O)Nc2ccc(Cl)nc2C(N)=O)n1. The van der Waals surface area contributed by atoms with E-state index in [1.54, 1.807) is 11.6 Å². The van der Waals surface area contributed by atoms with E-state index < -0.39 is 11.9 Å². The van der Waals surface area contributed by atoms with Crippen molar-refractivity contribution in [1.29, 1.82) is 0 Å². The van der Waals surface area contributed by atoms with Crippen molar-refractivity contribution in [3.63, 3.8) is 0 Å². The molecule has 0 aliphatic carbocycles. The minimum Gasteiger partial charge on any atom is -0.364 e. The minimum absolute atomic E-state index is 0.0820. The summed E-state index contributed by atoms with van der Waals surface area (Å²) >= 11 is 5.73. The number of aryl methyl sites for hydroxylation is 2. The van der Waals surface area contributed by atoms with E-state index in [9.17, 15) is 9.59 Å². The molecule has 0 unspecified atom stereocenters. The Balaban J connectivity index is 2.25. The number of hydrogen-bond acceptors (Lipinski definition) is 4. The number of primary amides is 1. The van der Waals surface area contributed by atoms with Crippen LogP contribution in [-0.4, -0.2) is 26.6 Å². The van der Waals surface area contributed by atoms with Crippen LogP contribution in [0.3, 0.4) is 0 Å². The van der Waals surface area contributed by atoms with Gasteiger partial charge in [0.1, 0.15) is 11.2 Å². The first-order chi connectivity index (χ1) is 10.3. The van der Waals surface area contributed by atoms with Crippen LogP contribution in [0, 0.1) is 13.8 Å². The fourth-order valence-corrected chi connectivity index (χ4v) is 2.26. The van der Waals surface area contributed by atoms with Crippen LogP contribution in [0.4, 0.5) is 5.69 Å². The van der Waals surface area contributed by atoms with Crippen LogP contribution in [0.15, 0.2) is 18.2 Å². The second-order valence-electron chi connectivity index (χ2n) is 4.93. The molecule has 7 nitrogen and oxygen atoms in total. The minimum atomic E-state index is -0.767. The van der Waals surface area contributed by atoms with Crippen molar-refractivity contribution in [3.8, 4) is 0 Å². The van der Waals surface area contributed by atoms with Crippen molar-refractivity contribution >= 4 is 29.1 Å². The largest absolute Gasteiger partial charge is 0.364 e. The monoisotopic (exact) mass is 321 g/mol. The lowest BCUT2D eigenvalue weighted by Crippen LogP contribution is -2.27. The molecule has 2 amide bonds. The van der Waals surface area contributed by atoms with Crippen molar-refractivity contribution in [2.24, 2.45) is 5.73 Å². The lowest BCUT2D eigenvalue weighted by Gasteiger charge is -2.15. The maximum absolute atomic E-state index is 12.3. The number of carbonyl (C=O) groups excluding carboxylic acids is 2. The molecule has 116 valence electrons. The molecule has 8 heteroatoms. The molecule has 22 heavy (non-hydrogen) atoms. The second kappa shape index (κ2) is 6.15. The molecule has 1 atom stereocenters. The van der Waals surface area contributed by atoms with E-state index in [0.717, 1.165) is 11.4 Å². The number of aromatic nitrogens is 3. The highest BCUT2D eigenvalue weighted by atomic mass is 35.5. The molecule has 0 saturated heterocycles. The highest BCUT2D eigenvalue weighted by molar-refractivity contribution is 6.29. The van der Waals surface area contributed by atoms with Crippen LogP contribution in [0.1, 0.15) is 34.8 Å². The van der Waals surface area contributed by atoms with Gasteiger partial charge in [-0.3, -0.25) is 14.3 Å². The highest BCUT2D eigenvalue weighted by Crippen LogP contribution is 2.19. The first kappa shape index (κ1) is 16.0. The zero-order valence-corrected chi connectivity index (χ0v) is 13.2. The maximum atomic E-state index is 12.3. The summed E-state index contributed by atoms with van der Waals surface area (Å²) in [4.78, 5) is 27.6. The number of halogens is 1. The third kappa shape index (κ3) is 3.25. The van der Waals surface area contributed by atoms with Crippen molar-refractivity contribution < 1.29 is 9.59 Å². The summed E-state index contributed by atoms with van der Waals surface area (Å²) in [6, 6.07) is 4.28. The highest BCUT2D eigenvalue weighted by Gasteiger charge is 2.20. The summed E-state index contributed by atoms with van der Waals surface area (Å²) in [5.41, 5.74) is 7.07. The molecule has 0 radical (unpaired) electrons. The molecule has 0 saturated carbocycles. The van der Waals surface area contributed by atoms with Crippen molar-refractivity contribution in [2.75, 3.05) is 5.32 Å². The Morgan fingerprint density at radius 2 is 2.05 bits per heavy atom. The molecular formula is C14H16ClN5O2. The molecule has 2 heterocycles. The summed E-state index contributed by atoms with van der Waals surface area (Å²) in [5.74, 6) is -1.10. The van der Waals surface area contributed by atoms with Gasteiger partial charge in [0.05, 0.1) is 11.4 Å². The molecular weight excluding hydrogens is 306 g/mol. The molecule has 0 spiro atoms. The number of hydrogen-bond donors (Lipinski definition) is 2. The van der Waals surface area contributed by atoms with Gasteiger partial charge in [0.15, 0.2) is 5.69 Å². The number of amides is 2. The maximum Gasteiger partial charge on any atom is 0.269 e. The molecule has 0 aliphatic heterocycles. The first-order valence-corrected chi connectivity index (χ1v) is 6.97. The van der Waals surface area contributed by atoms with E-state index in [2.05, 4.69) is 15.4 Å². The van der Waals surface area contributed by atoms with Crippen LogP contribution in [0.5, 0.6) is 0 Å². The Bertz CT molecular complexity index is 741. The molecule has 2 aromatic rings. The van der Waals surface area contributed by atoms with Crippen LogP contribution >= 0.6 is 11.6 Å². The van der Waals surface area contributed by atoms with Crippen LogP contribution in [-0.2, 0) is 4.79 Å². The lowest BCUT2D eigenvalue weighted by atomic mass is 10.2. The third-order valence-corrected chi connectivity index (χ3v) is 3.35. The number of nitrogens with zero attached hydrogens (tertiary/aromatic N) is 3. The molecule has 0 fully saturated rings. The van der Waals surface area contributed by atoms with Gasteiger partial charge in [-0.2, -0.15) is 5.10 Å². The first-order valence-electron chi connectivity index (χ1n) is 6.59. The number of rotatable bonds is 4. The van der Waals surface area contributed by atoms with E-state index in [0.29, 0.717) is 0 Å². The van der Waals surface area contributed by atoms with E-state index in [4.69, 9.17) is 17.3 Å². The normalized spacial score (nSPS) is 12.0. The predicted octanol–water partition coefficient (Wildman–Crippen LogP) is 1.85. The van der Waals surface area contributed by atoms with Crippen molar-refractivity contribution in [3.05, 3.63) is 40.4 Å². The number of pyridine rings is 1. The fraction of sp³-hybridized carbons (Fsp3) is 0.286. The summed E-state index contributed by atoms with van der Waals surface area (Å²) in [6.45, 7) is 5.42. The molecule has 2 aromatic heterocycles. The third-order valence-electron chi connectivity index (χ3n) is 3.14. The van der Waals surface area contributed by atoms with Gasteiger partial charge in [0.25, 0.3) is 5.91 Å². The van der Waals surface area contributed by atoms with Gasteiger partial charge in [-0.15, -0.1) is 0 Å². The van der Waals surface area contributed by atoms with Crippen LogP contribution in [0.2, 0.25) is 5.15 Å². The van der Waals surface area contributed by atoms with E-state index in [1.165, 1.54) is 12.1 Å². The standard InChI is InChI=1S/C14H16ClN5O2/c1-7-6-8(2)20(19-7)9(3)14(22)17-10-4-5-11(15)18-12(10)13(16)21/h4-6,9H,1-3H3,(H2,16,21)(H,17,22)/t9-/m0/s1. The van der Waals surface area contributed by atoms with Gasteiger partial charge in [-0.1, -0.05) is 11.6 Å². The smallest absolute Gasteiger partial charge is 0.269 e. The lowest BCUT2D eigenvalue weighted by molar-refractivity contribution is -0.119. The van der Waals surface area contributed by atoms with Gasteiger partial charge in [-0.25, -0.2) is 4.98 Å². The second-order valence-corrected chi connectivity index (χ2v) is 5.32. The number of nitrogens with one attached hydrogen (secondary N) is 1. The molecule has 0 bridgehead atoms. The Hall–Kier alpha value is -2.41. The average Bonchev–Trinajstić information content (AvgIpc) is 2.78. The average molecular weight is 322 g/mol. The summed E-state index contributed by atoms with van der Waals surface area (Å²) in [7, 11) is 0. The number of carbonyl (C=O) groups is 2. The van der Waals surface area contributed by atoms with Crippen molar-refractivity contribution in [2.45, 2.75) is 26.8 Å². The van der Waals surface area contributed by atoms with E-state index in [-0.39, 0.29) is 22.4 Å². The summed E-state index contributed by atoms with van der Waals surface area (Å²) in [6.07, 6.45) is 0. The Morgan fingerprint density at radius 1 is 1.36 bits per heavy atom. The Morgan fingerprint density at radius 3 is 2.59 bits per heavy atom. The topological polar surface area (TPSA) is 103 Å². The quantitative estimate of drug-likeness (QED) is 0.839. The fourth-order valence-electron chi connectivity index (χ4n) is 2.11. The summed E-state index contributed by atoms with van der Waals surface area (Å²) in [5, 5.41) is 7.03. The van der Waals surface area contributed by atoms with Gasteiger partial charge in [0.2, 0.25) is 5.91 Å². The summed E-state index contributed by atoms with van der Waals surface area (Å²) < 4.78 is 1.61. The molecule has 2 rings (SSSR count). The van der Waals surface area contributed by atoms with Gasteiger partial charge in [0, 0.05) is 5.69 Å². The molecule has 0 aliphatic rings. The molecule has 0 aromatic carbocycles. The van der Waals surface area contributed by atoms with Crippen LogP contribution < -0.4 is 11.1 Å². The van der Waals surface area contributed by atoms with E-state index in [1.807, 2.05) is 19.9 Å². The van der Waals surface area contributed by atoms with Gasteiger partial charge >= 0.3 is 0 Å². The molecule has 3 N–H and O–H groups in total. The van der Waals surface area contributed by atoms with Gasteiger partial charge in [-0.05, 0) is 39.0 Å². The zero-order valence-electron chi connectivity index (χ0n) is 12.4. The zero-order chi connectivity index (χ0) is 16.4. The number of nitrogens with two attached hydrogens (primary N) is 1.